The number of hydrogen-bond acceptors (Lipinski definition) is 7. The van der Waals surface area contributed by atoms with Crippen molar-refractivity contribution in [2.75, 3.05) is 58.4 Å². The van der Waals surface area contributed by atoms with Gasteiger partial charge in [-0.25, -0.2) is 4.39 Å². The Morgan fingerprint density at radius 1 is 1.16 bits per heavy atom. The highest BCUT2D eigenvalue weighted by Crippen LogP contribution is 2.52. The number of anilines is 1. The summed E-state index contributed by atoms with van der Waals surface area (Å²) in [6.07, 6.45) is 2.18. The zero-order chi connectivity index (χ0) is 31.4. The predicted molar refractivity (Wildman–Crippen MR) is 170 cm³/mol. The van der Waals surface area contributed by atoms with Gasteiger partial charge in [0.25, 0.3) is 0 Å². The first-order valence-corrected chi connectivity index (χ1v) is 15.7. The number of halogens is 3. The van der Waals surface area contributed by atoms with Crippen LogP contribution >= 0.6 is 23.2 Å². The minimum absolute atomic E-state index is 0.0566. The Morgan fingerprint density at radius 3 is 2.47 bits per heavy atom. The molecule has 2 aliphatic rings. The van der Waals surface area contributed by atoms with Crippen molar-refractivity contribution in [3.8, 4) is 0 Å². The van der Waals surface area contributed by atoms with Crippen molar-refractivity contribution in [3.63, 3.8) is 0 Å². The Kier molecular flexibility index (Phi) is 11.1. The molecule has 4 N–H and O–H groups in total. The van der Waals surface area contributed by atoms with Gasteiger partial charge < -0.3 is 30.8 Å². The molecule has 8 nitrogen and oxygen atoms in total. The molecule has 0 unspecified atom stereocenters. The number of aliphatic hydroxyl groups excluding tert-OH is 1. The average molecular weight is 637 g/mol. The molecule has 2 aliphatic heterocycles. The molecule has 2 aromatic rings. The maximum absolute atomic E-state index is 15.2. The molecule has 4 atom stereocenters. The highest BCUT2D eigenvalue weighted by atomic mass is 35.5. The van der Waals surface area contributed by atoms with Crippen LogP contribution in [0.15, 0.2) is 36.4 Å². The maximum Gasteiger partial charge on any atom is 0.237 e. The number of aliphatic hydroxyl groups is 1. The number of amides is 1. The lowest BCUT2D eigenvalue weighted by molar-refractivity contribution is -0.123. The molecule has 0 aliphatic carbocycles. The second-order valence-electron chi connectivity index (χ2n) is 12.9. The van der Waals surface area contributed by atoms with Crippen LogP contribution in [0, 0.1) is 11.2 Å². The van der Waals surface area contributed by atoms with E-state index in [-0.39, 0.29) is 23.1 Å². The van der Waals surface area contributed by atoms with Crippen molar-refractivity contribution in [2.45, 2.75) is 57.0 Å². The van der Waals surface area contributed by atoms with Crippen molar-refractivity contribution >= 4 is 41.1 Å². The molecule has 0 bridgehead atoms. The fraction of sp³-hybridized carbons (Fsp3) is 0.562. The summed E-state index contributed by atoms with van der Waals surface area (Å²) in [5, 5.41) is 19.5. The highest BCUT2D eigenvalue weighted by Gasteiger charge is 2.60. The number of nitrogens with one attached hydrogen (secondary N) is 3. The van der Waals surface area contributed by atoms with Gasteiger partial charge in [-0.05, 0) is 60.2 Å². The number of hydrogen-bond donors (Lipinski definition) is 4. The van der Waals surface area contributed by atoms with Gasteiger partial charge in [-0.15, -0.1) is 0 Å². The molecule has 0 aromatic heterocycles. The summed E-state index contributed by atoms with van der Waals surface area (Å²) in [4.78, 5) is 31.9. The third-order valence-corrected chi connectivity index (χ3v) is 9.24. The topological polar surface area (TPSA) is 96.9 Å². The highest BCUT2D eigenvalue weighted by molar-refractivity contribution is 6.31. The fourth-order valence-electron chi connectivity index (χ4n) is 6.64. The Bertz CT molecular complexity index is 1280. The first kappa shape index (κ1) is 33.6. The minimum Gasteiger partial charge on any atom is -0.388 e. The summed E-state index contributed by atoms with van der Waals surface area (Å²) in [6.45, 7) is 11.0. The summed E-state index contributed by atoms with van der Waals surface area (Å²) in [5.41, 5.74) is 0.129. The zero-order valence-electron chi connectivity index (χ0n) is 25.4. The van der Waals surface area contributed by atoms with Crippen LogP contribution < -0.4 is 16.0 Å². The van der Waals surface area contributed by atoms with E-state index in [1.807, 2.05) is 11.0 Å². The van der Waals surface area contributed by atoms with Crippen LogP contribution in [0.2, 0.25) is 10.0 Å². The predicted octanol–water partition coefficient (Wildman–Crippen LogP) is 4.25. The van der Waals surface area contributed by atoms with Gasteiger partial charge in [0.05, 0.1) is 23.2 Å². The van der Waals surface area contributed by atoms with Crippen LogP contribution in [-0.2, 0) is 15.0 Å². The third-order valence-electron chi connectivity index (χ3n) is 8.72. The van der Waals surface area contributed by atoms with E-state index in [1.54, 1.807) is 25.2 Å². The second-order valence-corrected chi connectivity index (χ2v) is 13.7. The molecule has 1 amide bonds. The maximum atomic E-state index is 15.2. The van der Waals surface area contributed by atoms with Gasteiger partial charge >= 0.3 is 0 Å². The average Bonchev–Trinajstić information content (AvgIpc) is 3.29. The van der Waals surface area contributed by atoms with Crippen molar-refractivity contribution in [2.24, 2.45) is 5.41 Å². The minimum atomic E-state index is -1.32. The molecule has 2 fully saturated rings. The summed E-state index contributed by atoms with van der Waals surface area (Å²) < 4.78 is 15.2. The van der Waals surface area contributed by atoms with E-state index < -0.39 is 29.2 Å². The molecule has 4 rings (SSSR count). The molecule has 0 saturated carbocycles. The van der Waals surface area contributed by atoms with Gasteiger partial charge in [0.1, 0.15) is 12.1 Å². The van der Waals surface area contributed by atoms with Crippen LogP contribution in [0.5, 0.6) is 0 Å². The van der Waals surface area contributed by atoms with Crippen molar-refractivity contribution in [1.82, 2.24) is 20.4 Å². The van der Waals surface area contributed by atoms with Crippen LogP contribution in [0.1, 0.15) is 50.7 Å². The van der Waals surface area contributed by atoms with Gasteiger partial charge in [0.15, 0.2) is 0 Å². The quantitative estimate of drug-likeness (QED) is 0.217. The number of rotatable bonds is 11. The normalized spacial score (nSPS) is 25.1. The lowest BCUT2D eigenvalue weighted by atomic mass is 9.62. The van der Waals surface area contributed by atoms with Gasteiger partial charge in [-0.1, -0.05) is 56.1 Å². The lowest BCUT2D eigenvalue weighted by Gasteiger charge is -2.39. The van der Waals surface area contributed by atoms with Crippen LogP contribution in [0.4, 0.5) is 10.1 Å². The number of aldehydes is 1. The zero-order valence-corrected chi connectivity index (χ0v) is 26.9. The first-order valence-electron chi connectivity index (χ1n) is 14.9. The van der Waals surface area contributed by atoms with E-state index in [0.717, 1.165) is 45.4 Å². The number of carbonyl (C=O) groups excluding carboxylic acids is 2. The summed E-state index contributed by atoms with van der Waals surface area (Å²) >= 11 is 12.6. The molecular formula is C32H44Cl2FN5O3. The molecule has 0 radical (unpaired) electrons. The Balaban J connectivity index is 1.70. The van der Waals surface area contributed by atoms with Crippen LogP contribution in [-0.4, -0.2) is 92.2 Å². The molecule has 2 aromatic carbocycles. The van der Waals surface area contributed by atoms with Crippen LogP contribution in [0.3, 0.4) is 0 Å². The van der Waals surface area contributed by atoms with Crippen molar-refractivity contribution in [1.29, 1.82) is 0 Å². The molecule has 0 spiro atoms. The second kappa shape index (κ2) is 14.2. The molecule has 2 saturated heterocycles. The lowest BCUT2D eigenvalue weighted by Crippen LogP contribution is -2.48. The summed E-state index contributed by atoms with van der Waals surface area (Å²) in [6, 6.07) is 8.74. The van der Waals surface area contributed by atoms with Crippen LogP contribution in [0.25, 0.3) is 0 Å². The van der Waals surface area contributed by atoms with E-state index in [9.17, 15) is 14.7 Å². The van der Waals surface area contributed by atoms with Crippen molar-refractivity contribution < 1.29 is 19.1 Å². The molecule has 236 valence electrons. The van der Waals surface area contributed by atoms with E-state index in [4.69, 9.17) is 23.2 Å². The number of piperazine rings is 1. The van der Waals surface area contributed by atoms with Gasteiger partial charge in [0.2, 0.25) is 5.91 Å². The van der Waals surface area contributed by atoms with E-state index in [1.165, 1.54) is 12.1 Å². The fourth-order valence-corrected chi connectivity index (χ4v) is 7.01. The number of nitrogens with zero attached hydrogens (tertiary/aromatic N) is 2. The first-order chi connectivity index (χ1) is 20.4. The molecule has 43 heavy (non-hydrogen) atoms. The van der Waals surface area contributed by atoms with Gasteiger partial charge in [-0.3, -0.25) is 9.69 Å². The largest absolute Gasteiger partial charge is 0.388 e. The summed E-state index contributed by atoms with van der Waals surface area (Å²) in [7, 11) is 1.70. The molecule has 2 heterocycles. The Morgan fingerprint density at radius 2 is 1.86 bits per heavy atom. The van der Waals surface area contributed by atoms with E-state index >= 15 is 4.39 Å². The standard InChI is InChI=1S/C32H44Cl2FN5O3/c1-31(2,3)18-27-32(19-41,23-16-25(35)24(34)17-26(23)36-4)28(21-7-5-8-22(33)15-21)29(38-27)30(43)37-9-6-10-39-11-13-40(20-42)14-12-39/h5,7-8,15-17,19,27-29,36,38,42H,6,9-14,18,20H2,1-4H3,(H,37,43)/t27-,28+,29-,32-/m1/s1. The van der Waals surface area contributed by atoms with Crippen molar-refractivity contribution in [3.05, 3.63) is 63.4 Å². The smallest absolute Gasteiger partial charge is 0.237 e. The van der Waals surface area contributed by atoms with E-state index in [0.29, 0.717) is 34.8 Å². The van der Waals surface area contributed by atoms with Gasteiger partial charge in [-0.2, -0.15) is 0 Å². The number of benzene rings is 2. The third kappa shape index (κ3) is 7.52. The summed E-state index contributed by atoms with van der Waals surface area (Å²) in [5.74, 6) is -1.54. The monoisotopic (exact) mass is 635 g/mol. The van der Waals surface area contributed by atoms with E-state index in [2.05, 4.69) is 41.6 Å². The Labute approximate surface area is 264 Å². The van der Waals surface area contributed by atoms with Gasteiger partial charge in [0, 0.05) is 62.4 Å². The molecular weight excluding hydrogens is 592 g/mol. The molecule has 11 heteroatoms. The number of carbonyl (C=O) groups is 2. The Hall–Kier alpha value is -2.27. The SMILES string of the molecule is CNc1cc(Cl)c(F)cc1[C@]1(C=O)[C@@H](CC(C)(C)C)N[C@@H](C(=O)NCCCN2CCN(CO)CC2)[C@@H]1c1cccc(Cl)c1.